The lowest BCUT2D eigenvalue weighted by atomic mass is 10.1. The molecule has 5 heteroatoms. The number of halogens is 1. The highest BCUT2D eigenvalue weighted by molar-refractivity contribution is 6.18. The van der Waals surface area contributed by atoms with Crippen LogP contribution in [0.3, 0.4) is 0 Å². The van der Waals surface area contributed by atoms with Crippen molar-refractivity contribution in [3.8, 4) is 5.75 Å². The van der Waals surface area contributed by atoms with E-state index in [4.69, 9.17) is 16.3 Å². The third-order valence-corrected chi connectivity index (χ3v) is 3.28. The largest absolute Gasteiger partial charge is 0.490 e. The third kappa shape index (κ3) is 2.91. The summed E-state index contributed by atoms with van der Waals surface area (Å²) in [5, 5.41) is 10.3. The molecule has 0 aliphatic heterocycles. The van der Waals surface area contributed by atoms with Crippen LogP contribution < -0.4 is 10.3 Å². The highest BCUT2D eigenvalue weighted by atomic mass is 35.5. The average molecular weight is 282 g/mol. The Kier molecular flexibility index (Phi) is 4.45. The predicted octanol–water partition coefficient (Wildman–Crippen LogP) is 2.07. The fourth-order valence-electron chi connectivity index (χ4n) is 1.96. The number of hydrogen-bond donors (Lipinski definition) is 2. The minimum atomic E-state index is -0.746. The summed E-state index contributed by atoms with van der Waals surface area (Å²) in [6.07, 6.45) is -0.184. The monoisotopic (exact) mass is 281 g/mol. The first kappa shape index (κ1) is 13.9. The zero-order valence-electron chi connectivity index (χ0n) is 10.6. The molecule has 0 bridgehead atoms. The molecule has 2 rings (SSSR count). The number of H-pyrrole nitrogens is 1. The van der Waals surface area contributed by atoms with E-state index in [9.17, 15) is 9.90 Å². The minimum absolute atomic E-state index is 0.0734. The average Bonchev–Trinajstić information content (AvgIpc) is 2.43. The molecule has 0 saturated heterocycles. The standard InChI is InChI=1S/C14H16ClNO3/c1-2-10-13(19-8-9(17)7-15)11-5-3-4-6-12(11)16-14(10)18/h3-6,9,17H,2,7-8H2,1H3,(H,16,18). The van der Waals surface area contributed by atoms with E-state index in [0.29, 0.717) is 17.7 Å². The SMILES string of the molecule is CCc1c(OCC(O)CCl)c2ccccc2[nH]c1=O. The molecule has 0 radical (unpaired) electrons. The van der Waals surface area contributed by atoms with Crippen LogP contribution in [-0.2, 0) is 6.42 Å². The number of aromatic nitrogens is 1. The van der Waals surface area contributed by atoms with E-state index in [1.165, 1.54) is 0 Å². The Morgan fingerprint density at radius 3 is 2.84 bits per heavy atom. The number of hydrogen-bond acceptors (Lipinski definition) is 3. The molecule has 2 aromatic rings. The first-order valence-electron chi connectivity index (χ1n) is 6.18. The maximum Gasteiger partial charge on any atom is 0.255 e. The van der Waals surface area contributed by atoms with Gasteiger partial charge in [-0.15, -0.1) is 11.6 Å². The Labute approximate surface area is 116 Å². The van der Waals surface area contributed by atoms with Crippen LogP contribution in [0.2, 0.25) is 0 Å². The zero-order chi connectivity index (χ0) is 13.8. The van der Waals surface area contributed by atoms with Crippen molar-refractivity contribution in [3.05, 3.63) is 40.2 Å². The van der Waals surface area contributed by atoms with Crippen LogP contribution >= 0.6 is 11.6 Å². The summed E-state index contributed by atoms with van der Waals surface area (Å²) in [6, 6.07) is 7.43. The van der Waals surface area contributed by atoms with Gasteiger partial charge in [-0.3, -0.25) is 4.79 Å². The van der Waals surface area contributed by atoms with E-state index >= 15 is 0 Å². The smallest absolute Gasteiger partial charge is 0.255 e. The molecule has 1 heterocycles. The van der Waals surface area contributed by atoms with Crippen molar-refractivity contribution in [2.45, 2.75) is 19.4 Å². The van der Waals surface area contributed by atoms with Crippen LogP contribution in [0.4, 0.5) is 0 Å². The van der Waals surface area contributed by atoms with Gasteiger partial charge in [0.25, 0.3) is 5.56 Å². The Morgan fingerprint density at radius 2 is 2.16 bits per heavy atom. The molecule has 0 spiro atoms. The maximum absolute atomic E-state index is 12.0. The molecule has 0 saturated carbocycles. The number of fused-ring (bicyclic) bond motifs is 1. The van der Waals surface area contributed by atoms with E-state index in [-0.39, 0.29) is 18.0 Å². The summed E-state index contributed by atoms with van der Waals surface area (Å²) in [7, 11) is 0. The van der Waals surface area contributed by atoms with Crippen LogP contribution in [0.15, 0.2) is 29.1 Å². The molecular weight excluding hydrogens is 266 g/mol. The predicted molar refractivity (Wildman–Crippen MR) is 76.2 cm³/mol. The third-order valence-electron chi connectivity index (χ3n) is 2.92. The second-order valence-corrected chi connectivity index (χ2v) is 4.59. The van der Waals surface area contributed by atoms with Crippen LogP contribution in [0, 0.1) is 0 Å². The number of alkyl halides is 1. The second kappa shape index (κ2) is 6.08. The van der Waals surface area contributed by atoms with Crippen LogP contribution in [0.25, 0.3) is 10.9 Å². The second-order valence-electron chi connectivity index (χ2n) is 4.28. The maximum atomic E-state index is 12.0. The van der Waals surface area contributed by atoms with Gasteiger partial charge in [-0.05, 0) is 18.6 Å². The fourth-order valence-corrected chi connectivity index (χ4v) is 2.05. The van der Waals surface area contributed by atoms with Crippen molar-refractivity contribution in [1.29, 1.82) is 0 Å². The number of ether oxygens (including phenoxy) is 1. The normalized spacial score (nSPS) is 12.6. The van der Waals surface area contributed by atoms with Crippen molar-refractivity contribution in [2.24, 2.45) is 0 Å². The minimum Gasteiger partial charge on any atom is -0.490 e. The summed E-state index contributed by atoms with van der Waals surface area (Å²) in [6.45, 7) is 1.97. The number of benzene rings is 1. The molecule has 19 heavy (non-hydrogen) atoms. The first-order chi connectivity index (χ1) is 9.17. The topological polar surface area (TPSA) is 62.3 Å². The van der Waals surface area contributed by atoms with E-state index in [0.717, 1.165) is 10.9 Å². The van der Waals surface area contributed by atoms with Gasteiger partial charge in [0.2, 0.25) is 0 Å². The van der Waals surface area contributed by atoms with Crippen molar-refractivity contribution in [1.82, 2.24) is 4.98 Å². The summed E-state index contributed by atoms with van der Waals surface area (Å²) in [5.74, 6) is 0.633. The highest BCUT2D eigenvalue weighted by Gasteiger charge is 2.13. The molecule has 1 unspecified atom stereocenters. The number of rotatable bonds is 5. The summed E-state index contributed by atoms with van der Waals surface area (Å²) in [4.78, 5) is 14.8. The Hall–Kier alpha value is -1.52. The van der Waals surface area contributed by atoms with Gasteiger partial charge in [0, 0.05) is 5.39 Å². The molecule has 1 atom stereocenters. The molecular formula is C14H16ClNO3. The molecule has 102 valence electrons. The highest BCUT2D eigenvalue weighted by Crippen LogP contribution is 2.26. The van der Waals surface area contributed by atoms with Crippen molar-refractivity contribution in [3.63, 3.8) is 0 Å². The Balaban J connectivity index is 2.51. The van der Waals surface area contributed by atoms with Crippen molar-refractivity contribution in [2.75, 3.05) is 12.5 Å². The van der Waals surface area contributed by atoms with Crippen molar-refractivity contribution < 1.29 is 9.84 Å². The van der Waals surface area contributed by atoms with Gasteiger partial charge in [-0.1, -0.05) is 19.1 Å². The molecule has 2 N–H and O–H groups in total. The molecule has 0 aliphatic rings. The van der Waals surface area contributed by atoms with Gasteiger partial charge >= 0.3 is 0 Å². The fraction of sp³-hybridized carbons (Fsp3) is 0.357. The molecule has 1 aromatic carbocycles. The lowest BCUT2D eigenvalue weighted by Gasteiger charge is -2.14. The number of nitrogens with one attached hydrogen (secondary N) is 1. The Morgan fingerprint density at radius 1 is 1.42 bits per heavy atom. The molecule has 1 aromatic heterocycles. The van der Waals surface area contributed by atoms with Gasteiger partial charge in [0.05, 0.1) is 17.0 Å². The summed E-state index contributed by atoms with van der Waals surface area (Å²) >= 11 is 5.54. The van der Waals surface area contributed by atoms with Crippen LogP contribution in [-0.4, -0.2) is 28.7 Å². The number of para-hydroxylation sites is 1. The van der Waals surface area contributed by atoms with E-state index < -0.39 is 6.10 Å². The Bertz CT molecular complexity index is 624. The molecule has 0 aliphatic carbocycles. The van der Waals surface area contributed by atoms with Gasteiger partial charge in [0.1, 0.15) is 18.5 Å². The van der Waals surface area contributed by atoms with Gasteiger partial charge in [0.15, 0.2) is 0 Å². The van der Waals surface area contributed by atoms with Crippen LogP contribution in [0.1, 0.15) is 12.5 Å². The summed E-state index contributed by atoms with van der Waals surface area (Å²) in [5.41, 5.74) is 1.15. The molecule has 0 amide bonds. The first-order valence-corrected chi connectivity index (χ1v) is 6.71. The van der Waals surface area contributed by atoms with E-state index in [1.807, 2.05) is 31.2 Å². The quantitative estimate of drug-likeness (QED) is 0.825. The number of aliphatic hydroxyl groups excluding tert-OH is 1. The lowest BCUT2D eigenvalue weighted by Crippen LogP contribution is -2.21. The van der Waals surface area contributed by atoms with Gasteiger partial charge in [-0.2, -0.15) is 0 Å². The number of pyridine rings is 1. The van der Waals surface area contributed by atoms with Crippen molar-refractivity contribution >= 4 is 22.5 Å². The number of aromatic amines is 1. The van der Waals surface area contributed by atoms with Gasteiger partial charge in [-0.25, -0.2) is 0 Å². The van der Waals surface area contributed by atoms with E-state index in [1.54, 1.807) is 0 Å². The molecule has 0 fully saturated rings. The lowest BCUT2D eigenvalue weighted by molar-refractivity contribution is 0.125. The van der Waals surface area contributed by atoms with Gasteiger partial charge < -0.3 is 14.8 Å². The molecule has 4 nitrogen and oxygen atoms in total. The van der Waals surface area contributed by atoms with E-state index in [2.05, 4.69) is 4.98 Å². The summed E-state index contributed by atoms with van der Waals surface area (Å²) < 4.78 is 5.62. The zero-order valence-corrected chi connectivity index (χ0v) is 11.4. The number of aliphatic hydroxyl groups is 1. The van der Waals surface area contributed by atoms with Crippen LogP contribution in [0.5, 0.6) is 5.75 Å².